The third-order valence-corrected chi connectivity index (χ3v) is 3.16. The van der Waals surface area contributed by atoms with Crippen molar-refractivity contribution in [2.45, 2.75) is 6.61 Å². The van der Waals surface area contributed by atoms with Crippen molar-refractivity contribution in [2.75, 3.05) is 0 Å². The van der Waals surface area contributed by atoms with Gasteiger partial charge in [-0.2, -0.15) is 0 Å². The van der Waals surface area contributed by atoms with Crippen LogP contribution in [0.5, 0.6) is 0 Å². The molecule has 1 nitrogen and oxygen atoms in total. The predicted molar refractivity (Wildman–Crippen MR) is 57.8 cm³/mol. The van der Waals surface area contributed by atoms with Crippen molar-refractivity contribution >= 4 is 50.1 Å². The number of aliphatic hydroxyl groups is 1. The summed E-state index contributed by atoms with van der Waals surface area (Å²) in [6.07, 6.45) is 0. The van der Waals surface area contributed by atoms with Crippen LogP contribution in [0.25, 0.3) is 0 Å². The van der Waals surface area contributed by atoms with Crippen LogP contribution in [-0.4, -0.2) is 5.11 Å². The minimum Gasteiger partial charge on any atom is -0.392 e. The van der Waals surface area contributed by atoms with Crippen LogP contribution in [0, 0.1) is 3.57 Å². The van der Waals surface area contributed by atoms with Gasteiger partial charge in [-0.15, -0.1) is 0 Å². The van der Waals surface area contributed by atoms with Crippen molar-refractivity contribution in [1.29, 1.82) is 0 Å². The van der Waals surface area contributed by atoms with Crippen LogP contribution in [-0.2, 0) is 6.61 Å². The van der Waals surface area contributed by atoms with E-state index in [1.807, 2.05) is 12.1 Å². The van der Waals surface area contributed by atoms with Crippen LogP contribution in [0.2, 0.25) is 5.02 Å². The fourth-order valence-corrected chi connectivity index (χ4v) is 2.51. The smallest absolute Gasteiger partial charge is 0.0697 e. The van der Waals surface area contributed by atoms with E-state index in [9.17, 15) is 0 Å². The van der Waals surface area contributed by atoms with Crippen LogP contribution < -0.4 is 0 Å². The summed E-state index contributed by atoms with van der Waals surface area (Å²) in [5.74, 6) is 0. The highest BCUT2D eigenvalue weighted by atomic mass is 127. The highest BCUT2D eigenvalue weighted by Crippen LogP contribution is 2.28. The minimum absolute atomic E-state index is 0.0196. The van der Waals surface area contributed by atoms with E-state index >= 15 is 0 Å². The molecule has 0 unspecified atom stereocenters. The molecule has 0 radical (unpaired) electrons. The molecule has 11 heavy (non-hydrogen) atoms. The summed E-state index contributed by atoms with van der Waals surface area (Å²) in [6.45, 7) is -0.0196. The van der Waals surface area contributed by atoms with Crippen LogP contribution in [0.1, 0.15) is 5.56 Å². The van der Waals surface area contributed by atoms with Crippen molar-refractivity contribution in [2.24, 2.45) is 0 Å². The number of hydrogen-bond acceptors (Lipinski definition) is 1. The average molecular weight is 347 g/mol. The van der Waals surface area contributed by atoms with Gasteiger partial charge in [0.2, 0.25) is 0 Å². The Balaban J connectivity index is 3.24. The molecule has 1 aromatic rings. The van der Waals surface area contributed by atoms with Gasteiger partial charge in [-0.3, -0.25) is 0 Å². The second-order valence-electron chi connectivity index (χ2n) is 2.02. The van der Waals surface area contributed by atoms with Gasteiger partial charge >= 0.3 is 0 Å². The van der Waals surface area contributed by atoms with E-state index in [4.69, 9.17) is 16.7 Å². The summed E-state index contributed by atoms with van der Waals surface area (Å²) in [5, 5.41) is 9.45. The summed E-state index contributed by atoms with van der Waals surface area (Å²) < 4.78 is 1.89. The molecule has 0 spiro atoms. The highest BCUT2D eigenvalue weighted by molar-refractivity contribution is 14.1. The predicted octanol–water partition coefficient (Wildman–Crippen LogP) is 3.20. The summed E-state index contributed by atoms with van der Waals surface area (Å²) >= 11 is 11.3. The van der Waals surface area contributed by atoms with E-state index in [2.05, 4.69) is 38.5 Å². The molecule has 0 aliphatic heterocycles. The summed E-state index contributed by atoms with van der Waals surface area (Å²) in [4.78, 5) is 0. The van der Waals surface area contributed by atoms with E-state index in [1.165, 1.54) is 0 Å². The fourth-order valence-electron chi connectivity index (χ4n) is 0.724. The number of hydrogen-bond donors (Lipinski definition) is 1. The van der Waals surface area contributed by atoms with Gasteiger partial charge in [0.05, 0.1) is 11.6 Å². The van der Waals surface area contributed by atoms with Gasteiger partial charge in [0.25, 0.3) is 0 Å². The number of rotatable bonds is 1. The fraction of sp³-hybridized carbons (Fsp3) is 0.143. The molecule has 0 aliphatic carbocycles. The molecule has 0 saturated carbocycles. The second-order valence-corrected chi connectivity index (χ2v) is 4.50. The van der Waals surface area contributed by atoms with E-state index in [-0.39, 0.29) is 6.61 Å². The maximum atomic E-state index is 8.86. The minimum atomic E-state index is -0.0196. The Labute approximate surface area is 92.0 Å². The SMILES string of the molecule is OCc1cc(I)cc(Br)c1Cl. The van der Waals surface area contributed by atoms with Crippen molar-refractivity contribution in [3.05, 3.63) is 30.8 Å². The molecule has 1 aromatic carbocycles. The van der Waals surface area contributed by atoms with E-state index in [0.717, 1.165) is 13.6 Å². The number of benzene rings is 1. The van der Waals surface area contributed by atoms with Gasteiger partial charge in [-0.1, -0.05) is 11.6 Å². The normalized spacial score (nSPS) is 10.2. The maximum Gasteiger partial charge on any atom is 0.0697 e. The van der Waals surface area contributed by atoms with Crippen molar-refractivity contribution in [3.8, 4) is 0 Å². The van der Waals surface area contributed by atoms with E-state index in [0.29, 0.717) is 5.02 Å². The zero-order valence-electron chi connectivity index (χ0n) is 5.44. The lowest BCUT2D eigenvalue weighted by atomic mass is 10.2. The quantitative estimate of drug-likeness (QED) is 0.611. The van der Waals surface area contributed by atoms with Gasteiger partial charge in [-0.05, 0) is 56.2 Å². The van der Waals surface area contributed by atoms with Crippen LogP contribution in [0.15, 0.2) is 16.6 Å². The Morgan fingerprint density at radius 2 is 2.18 bits per heavy atom. The molecule has 0 aliphatic rings. The first-order valence-electron chi connectivity index (χ1n) is 2.89. The molecule has 0 atom stereocenters. The third kappa shape index (κ3) is 2.31. The molecule has 1 N–H and O–H groups in total. The van der Waals surface area contributed by atoms with Gasteiger partial charge in [0.15, 0.2) is 0 Å². The Morgan fingerprint density at radius 3 is 2.73 bits per heavy atom. The van der Waals surface area contributed by atoms with Crippen molar-refractivity contribution in [1.82, 2.24) is 0 Å². The number of halogens is 3. The van der Waals surface area contributed by atoms with Gasteiger partial charge in [-0.25, -0.2) is 0 Å². The highest BCUT2D eigenvalue weighted by Gasteiger charge is 2.04. The molecule has 60 valence electrons. The van der Waals surface area contributed by atoms with Gasteiger partial charge in [0, 0.05) is 8.04 Å². The molecular formula is C7H5BrClIO. The standard InChI is InChI=1S/C7H5BrClIO/c8-6-2-5(10)1-4(3-11)7(6)9/h1-2,11H,3H2. The molecule has 0 bridgehead atoms. The Hall–Kier alpha value is 0.680. The van der Waals surface area contributed by atoms with Crippen LogP contribution in [0.3, 0.4) is 0 Å². The average Bonchev–Trinajstić information content (AvgIpc) is 1.96. The lowest BCUT2D eigenvalue weighted by molar-refractivity contribution is 0.282. The third-order valence-electron chi connectivity index (χ3n) is 1.24. The Kier molecular flexibility index (Phi) is 3.61. The first-order chi connectivity index (χ1) is 5.15. The molecule has 4 heteroatoms. The maximum absolute atomic E-state index is 8.86. The lowest BCUT2D eigenvalue weighted by Crippen LogP contribution is -1.87. The summed E-state index contributed by atoms with van der Waals surface area (Å²) in [6, 6.07) is 3.76. The van der Waals surface area contributed by atoms with Gasteiger partial charge < -0.3 is 5.11 Å². The molecule has 0 saturated heterocycles. The largest absolute Gasteiger partial charge is 0.392 e. The van der Waals surface area contributed by atoms with Crippen molar-refractivity contribution in [3.63, 3.8) is 0 Å². The van der Waals surface area contributed by atoms with Crippen LogP contribution in [0.4, 0.5) is 0 Å². The summed E-state index contributed by atoms with van der Waals surface area (Å²) in [5.41, 5.74) is 0.755. The van der Waals surface area contributed by atoms with E-state index in [1.54, 1.807) is 0 Å². The molecule has 1 rings (SSSR count). The van der Waals surface area contributed by atoms with E-state index < -0.39 is 0 Å². The van der Waals surface area contributed by atoms with Gasteiger partial charge in [0.1, 0.15) is 0 Å². The summed E-state index contributed by atoms with van der Waals surface area (Å²) in [7, 11) is 0. The molecule has 0 amide bonds. The molecular weight excluding hydrogens is 342 g/mol. The number of aliphatic hydroxyl groups excluding tert-OH is 1. The molecule has 0 aromatic heterocycles. The monoisotopic (exact) mass is 346 g/mol. The molecule has 0 heterocycles. The zero-order valence-corrected chi connectivity index (χ0v) is 9.94. The zero-order chi connectivity index (χ0) is 8.43. The topological polar surface area (TPSA) is 20.2 Å². The van der Waals surface area contributed by atoms with Crippen LogP contribution >= 0.6 is 50.1 Å². The first kappa shape index (κ1) is 9.77. The second kappa shape index (κ2) is 4.07. The Bertz CT molecular complexity index is 277. The lowest BCUT2D eigenvalue weighted by Gasteiger charge is -2.02. The Morgan fingerprint density at radius 1 is 1.55 bits per heavy atom. The first-order valence-corrected chi connectivity index (χ1v) is 5.14. The molecule has 0 fully saturated rings. The van der Waals surface area contributed by atoms with Crippen molar-refractivity contribution < 1.29 is 5.11 Å².